The fourth-order valence-electron chi connectivity index (χ4n) is 8.24. The molecular formula is C53H103NO4. The number of hydrogen-bond acceptors (Lipinski definition) is 4. The summed E-state index contributed by atoms with van der Waals surface area (Å²) < 4.78 is 0. The van der Waals surface area contributed by atoms with Crippen molar-refractivity contribution in [1.82, 2.24) is 5.32 Å². The summed E-state index contributed by atoms with van der Waals surface area (Å²) in [6, 6.07) is -0.758. The highest BCUT2D eigenvalue weighted by Crippen LogP contribution is 2.17. The Balaban J connectivity index is 3.55. The molecule has 0 rings (SSSR count). The quantitative estimate of drug-likeness (QED) is 0.0364. The lowest BCUT2D eigenvalue weighted by molar-refractivity contribution is -0.124. The molecule has 0 heterocycles. The van der Waals surface area contributed by atoms with Gasteiger partial charge in [0, 0.05) is 0 Å². The van der Waals surface area contributed by atoms with Crippen molar-refractivity contribution < 1.29 is 20.1 Å². The van der Waals surface area contributed by atoms with Gasteiger partial charge in [-0.05, 0) is 32.1 Å². The van der Waals surface area contributed by atoms with Gasteiger partial charge < -0.3 is 20.6 Å². The highest BCUT2D eigenvalue weighted by Gasteiger charge is 2.20. The van der Waals surface area contributed by atoms with Gasteiger partial charge in [0.05, 0.1) is 31.3 Å². The summed E-state index contributed by atoms with van der Waals surface area (Å²) in [6.45, 7) is 4.22. The molecule has 58 heavy (non-hydrogen) atoms. The molecule has 0 aliphatic heterocycles. The van der Waals surface area contributed by atoms with Gasteiger partial charge in [-0.3, -0.25) is 4.79 Å². The molecule has 5 heteroatoms. The van der Waals surface area contributed by atoms with E-state index in [0.717, 1.165) is 32.1 Å². The molecule has 344 valence electrons. The van der Waals surface area contributed by atoms with Gasteiger partial charge in [0.25, 0.3) is 0 Å². The summed E-state index contributed by atoms with van der Waals surface area (Å²) >= 11 is 0. The van der Waals surface area contributed by atoms with Crippen LogP contribution >= 0.6 is 0 Å². The highest BCUT2D eigenvalue weighted by atomic mass is 16.3. The van der Waals surface area contributed by atoms with Gasteiger partial charge in [-0.15, -0.1) is 0 Å². The van der Waals surface area contributed by atoms with Crippen LogP contribution in [-0.2, 0) is 4.79 Å². The van der Waals surface area contributed by atoms with Crippen molar-refractivity contribution in [2.24, 2.45) is 0 Å². The Hall–Kier alpha value is -1.17. The molecule has 0 saturated carbocycles. The van der Waals surface area contributed by atoms with Gasteiger partial charge >= 0.3 is 0 Å². The van der Waals surface area contributed by atoms with E-state index in [9.17, 15) is 20.1 Å². The van der Waals surface area contributed by atoms with E-state index in [1.165, 1.54) is 225 Å². The minimum absolute atomic E-state index is 0.0102. The number of aliphatic hydroxyl groups is 3. The zero-order chi connectivity index (χ0) is 42.3. The first kappa shape index (κ1) is 56.8. The Morgan fingerprint density at radius 1 is 0.431 bits per heavy atom. The molecule has 0 aliphatic rings. The molecule has 3 atom stereocenters. The number of carbonyl (C=O) groups excluding carboxylic acids is 1. The monoisotopic (exact) mass is 818 g/mol. The summed E-state index contributed by atoms with van der Waals surface area (Å²) in [5.41, 5.74) is 0. The normalized spacial score (nSPS) is 13.5. The van der Waals surface area contributed by atoms with Crippen molar-refractivity contribution in [1.29, 1.82) is 0 Å². The molecule has 0 fully saturated rings. The zero-order valence-electron chi connectivity index (χ0n) is 39.2. The molecule has 1 amide bonds. The van der Waals surface area contributed by atoms with Crippen molar-refractivity contribution in [2.45, 2.75) is 302 Å². The number of rotatable bonds is 48. The third kappa shape index (κ3) is 44.4. The van der Waals surface area contributed by atoms with Crippen LogP contribution in [0.3, 0.4) is 0 Å². The molecule has 3 unspecified atom stereocenters. The standard InChI is InChI=1S/C53H103NO4/c1-3-5-7-9-11-13-15-17-19-21-22-23-24-25-26-27-28-29-30-31-32-34-36-38-40-42-44-46-50(56)48-53(58)54-51(49-55)52(57)47-45-43-41-39-37-35-33-20-18-16-14-12-10-8-6-4-2/h37,39,45,47,50-52,55-57H,3-36,38,40-44,46,48-49H2,1-2H3,(H,54,58)/b39-37+,47-45+. The van der Waals surface area contributed by atoms with E-state index in [1.807, 2.05) is 6.08 Å². The molecule has 0 aromatic rings. The minimum atomic E-state index is -0.949. The van der Waals surface area contributed by atoms with Crippen LogP contribution in [0.4, 0.5) is 0 Å². The fourth-order valence-corrected chi connectivity index (χ4v) is 8.24. The number of allylic oxidation sites excluding steroid dienone is 3. The molecule has 0 radical (unpaired) electrons. The fraction of sp³-hybridized carbons (Fsp3) is 0.906. The van der Waals surface area contributed by atoms with Crippen LogP contribution in [0.5, 0.6) is 0 Å². The van der Waals surface area contributed by atoms with Crippen LogP contribution in [0.15, 0.2) is 24.3 Å². The average molecular weight is 818 g/mol. The number of unbranched alkanes of at least 4 members (excludes halogenated alkanes) is 37. The van der Waals surface area contributed by atoms with E-state index in [-0.39, 0.29) is 18.9 Å². The van der Waals surface area contributed by atoms with Crippen LogP contribution in [0.2, 0.25) is 0 Å². The maximum absolute atomic E-state index is 12.5. The van der Waals surface area contributed by atoms with Gasteiger partial charge in [0.15, 0.2) is 0 Å². The van der Waals surface area contributed by atoms with Gasteiger partial charge in [-0.25, -0.2) is 0 Å². The Bertz CT molecular complexity index is 859. The summed E-state index contributed by atoms with van der Waals surface area (Å²) in [4.78, 5) is 12.5. The van der Waals surface area contributed by atoms with Crippen LogP contribution in [0.25, 0.3) is 0 Å². The van der Waals surface area contributed by atoms with E-state index >= 15 is 0 Å². The van der Waals surface area contributed by atoms with E-state index in [1.54, 1.807) is 6.08 Å². The van der Waals surface area contributed by atoms with Gasteiger partial charge in [-0.2, -0.15) is 0 Å². The molecule has 0 spiro atoms. The lowest BCUT2D eigenvalue weighted by atomic mass is 10.0. The van der Waals surface area contributed by atoms with Gasteiger partial charge in [0.2, 0.25) is 5.91 Å². The third-order valence-electron chi connectivity index (χ3n) is 12.2. The van der Waals surface area contributed by atoms with Crippen molar-refractivity contribution in [2.75, 3.05) is 6.61 Å². The van der Waals surface area contributed by atoms with E-state index in [0.29, 0.717) is 6.42 Å². The Labute approximate surface area is 362 Å². The van der Waals surface area contributed by atoms with E-state index in [2.05, 4.69) is 31.3 Å². The lowest BCUT2D eigenvalue weighted by Gasteiger charge is -2.21. The number of aliphatic hydroxyl groups excluding tert-OH is 3. The third-order valence-corrected chi connectivity index (χ3v) is 12.2. The predicted molar refractivity (Wildman–Crippen MR) is 255 cm³/mol. The first-order valence-corrected chi connectivity index (χ1v) is 26.1. The van der Waals surface area contributed by atoms with Crippen LogP contribution in [0, 0.1) is 0 Å². The second-order valence-corrected chi connectivity index (χ2v) is 18.1. The molecule has 0 bridgehead atoms. The summed E-state index contributed by atoms with van der Waals surface area (Å²) in [5, 5.41) is 33.3. The van der Waals surface area contributed by atoms with Crippen molar-refractivity contribution in [3.8, 4) is 0 Å². The molecule has 0 aromatic carbocycles. The molecule has 4 N–H and O–H groups in total. The molecular weight excluding hydrogens is 715 g/mol. The second-order valence-electron chi connectivity index (χ2n) is 18.1. The SMILES string of the molecule is CCCCCCCCCCCC/C=C/CC/C=C/C(O)C(CO)NC(=O)CC(O)CCCCCCCCCCCCCCCCCCCCCCCCCCCCC. The van der Waals surface area contributed by atoms with E-state index < -0.39 is 18.2 Å². The second kappa shape index (κ2) is 48.5. The Morgan fingerprint density at radius 2 is 0.741 bits per heavy atom. The Morgan fingerprint density at radius 3 is 1.10 bits per heavy atom. The van der Waals surface area contributed by atoms with Crippen molar-refractivity contribution >= 4 is 5.91 Å². The van der Waals surface area contributed by atoms with Crippen molar-refractivity contribution in [3.63, 3.8) is 0 Å². The molecule has 0 saturated heterocycles. The highest BCUT2D eigenvalue weighted by molar-refractivity contribution is 5.76. The summed E-state index contributed by atoms with van der Waals surface area (Å²) in [5.74, 6) is -0.320. The topological polar surface area (TPSA) is 89.8 Å². The molecule has 0 aliphatic carbocycles. The molecule has 5 nitrogen and oxygen atoms in total. The number of hydrogen-bond donors (Lipinski definition) is 4. The maximum atomic E-state index is 12.5. The summed E-state index contributed by atoms with van der Waals surface area (Å²) in [7, 11) is 0. The minimum Gasteiger partial charge on any atom is -0.394 e. The van der Waals surface area contributed by atoms with Crippen LogP contribution in [0.1, 0.15) is 284 Å². The lowest BCUT2D eigenvalue weighted by Crippen LogP contribution is -2.45. The number of carbonyl (C=O) groups is 1. The first-order valence-electron chi connectivity index (χ1n) is 26.1. The zero-order valence-corrected chi connectivity index (χ0v) is 39.2. The average Bonchev–Trinajstić information content (AvgIpc) is 3.22. The molecule has 0 aromatic heterocycles. The number of amides is 1. The Kier molecular flexibility index (Phi) is 47.5. The van der Waals surface area contributed by atoms with Crippen molar-refractivity contribution in [3.05, 3.63) is 24.3 Å². The van der Waals surface area contributed by atoms with Gasteiger partial charge in [0.1, 0.15) is 0 Å². The van der Waals surface area contributed by atoms with Crippen LogP contribution < -0.4 is 5.32 Å². The number of nitrogens with one attached hydrogen (secondary N) is 1. The predicted octanol–water partition coefficient (Wildman–Crippen LogP) is 15.7. The van der Waals surface area contributed by atoms with Crippen LogP contribution in [-0.4, -0.2) is 46.1 Å². The summed E-state index contributed by atoms with van der Waals surface area (Å²) in [6.07, 6.45) is 60.7. The maximum Gasteiger partial charge on any atom is 0.222 e. The first-order chi connectivity index (χ1) is 28.5. The largest absolute Gasteiger partial charge is 0.394 e. The smallest absolute Gasteiger partial charge is 0.222 e. The van der Waals surface area contributed by atoms with E-state index in [4.69, 9.17) is 0 Å². The van der Waals surface area contributed by atoms with Gasteiger partial charge in [-0.1, -0.05) is 269 Å².